The molecule has 0 aromatic carbocycles. The van der Waals surface area contributed by atoms with Crippen molar-refractivity contribution in [2.75, 3.05) is 36.9 Å². The predicted molar refractivity (Wildman–Crippen MR) is 176 cm³/mol. The van der Waals surface area contributed by atoms with Gasteiger partial charge in [0.15, 0.2) is 36.1 Å². The minimum Gasteiger partial charge on any atom is -0.369 e. The normalized spacial score (nSPS) is 37.5. The van der Waals surface area contributed by atoms with Crippen molar-refractivity contribution in [3.63, 3.8) is 0 Å². The van der Waals surface area contributed by atoms with E-state index in [9.17, 15) is 9.13 Å². The molecular formula is C26H31BF2N10O8P2S. The van der Waals surface area contributed by atoms with Crippen LogP contribution in [0.5, 0.6) is 0 Å². The summed E-state index contributed by atoms with van der Waals surface area (Å²) in [6.45, 7) is -4.14. The van der Waals surface area contributed by atoms with Gasteiger partial charge in [-0.25, -0.2) is 42.6 Å². The van der Waals surface area contributed by atoms with Crippen LogP contribution in [0.4, 0.5) is 20.4 Å². The molecule has 5 aliphatic rings. The van der Waals surface area contributed by atoms with E-state index in [1.807, 2.05) is 0 Å². The van der Waals surface area contributed by atoms with Crippen molar-refractivity contribution in [1.82, 2.24) is 39.5 Å². The molecule has 2 N–H and O–H groups in total. The lowest BCUT2D eigenvalue weighted by Crippen LogP contribution is -2.37. The molecule has 0 bridgehead atoms. The zero-order chi connectivity index (χ0) is 34.4. The highest BCUT2D eigenvalue weighted by Gasteiger charge is 2.54. The first kappa shape index (κ1) is 33.1. The monoisotopic (exact) mass is 754 g/mol. The number of aryl methyl sites for hydroxylation is 2. The molecule has 10 atom stereocenters. The van der Waals surface area contributed by atoms with E-state index in [0.717, 1.165) is 20.4 Å². The summed E-state index contributed by atoms with van der Waals surface area (Å²) in [6.07, 6.45) is -7.05. The molecule has 18 nitrogen and oxygen atoms in total. The summed E-state index contributed by atoms with van der Waals surface area (Å²) < 4.78 is 97.5. The molecule has 0 aliphatic carbocycles. The molecule has 266 valence electrons. The highest BCUT2D eigenvalue weighted by molar-refractivity contribution is 8.44. The quantitative estimate of drug-likeness (QED) is 0.153. The van der Waals surface area contributed by atoms with Crippen LogP contribution >= 0.6 is 26.5 Å². The van der Waals surface area contributed by atoms with E-state index in [0.29, 0.717) is 71.0 Å². The SMILES string of the molecule is BP1(=O)OC[C@H]2O[C@@H](n3nc4c5c(ncnc53)NCCC4)C(F)C2OP(=O)(S)OC[C@H]2O[C@@H](n3nc4c5c(ncnc53)NCCC4)C(F)C2O1. The lowest BCUT2D eigenvalue weighted by atomic mass is 10.1. The Labute approximate surface area is 288 Å². The number of halogens is 2. The third-order valence-corrected chi connectivity index (χ3v) is 12.2. The molecular weight excluding hydrogens is 723 g/mol. The van der Waals surface area contributed by atoms with Gasteiger partial charge in [0.1, 0.15) is 48.7 Å². The molecule has 9 rings (SSSR count). The Kier molecular flexibility index (Phi) is 8.21. The Hall–Kier alpha value is -2.81. The fraction of sp³-hybridized carbons (Fsp3) is 0.615. The summed E-state index contributed by atoms with van der Waals surface area (Å²) in [5.41, 5.74) is 1.97. The third kappa shape index (κ3) is 5.63. The van der Waals surface area contributed by atoms with Crippen LogP contribution in [0.2, 0.25) is 0 Å². The zero-order valence-corrected chi connectivity index (χ0v) is 29.1. The van der Waals surface area contributed by atoms with Crippen LogP contribution in [0.15, 0.2) is 12.7 Å². The molecule has 0 saturated carbocycles. The van der Waals surface area contributed by atoms with E-state index < -0.39 is 76.7 Å². The van der Waals surface area contributed by atoms with Crippen molar-refractivity contribution < 1.29 is 45.5 Å². The number of rotatable bonds is 2. The first-order valence-electron chi connectivity index (χ1n) is 16.1. The number of nitrogens with zero attached hydrogens (tertiary/aromatic N) is 8. The molecule has 24 heteroatoms. The number of anilines is 2. The van der Waals surface area contributed by atoms with Crippen molar-refractivity contribution in [1.29, 1.82) is 0 Å². The van der Waals surface area contributed by atoms with Crippen LogP contribution in [0, 0.1) is 0 Å². The summed E-state index contributed by atoms with van der Waals surface area (Å²) in [5.74, 6) is 1.14. The molecule has 0 spiro atoms. The molecule has 3 fully saturated rings. The molecule has 9 heterocycles. The molecule has 4 aromatic rings. The van der Waals surface area contributed by atoms with E-state index in [1.54, 1.807) is 0 Å². The molecule has 0 amide bonds. The molecule has 5 aliphatic heterocycles. The van der Waals surface area contributed by atoms with E-state index in [4.69, 9.17) is 27.6 Å². The fourth-order valence-electron chi connectivity index (χ4n) is 7.10. The second kappa shape index (κ2) is 12.4. The zero-order valence-electron chi connectivity index (χ0n) is 26.4. The summed E-state index contributed by atoms with van der Waals surface area (Å²) in [6, 6.07) is 0. The number of ether oxygens (including phenoxy) is 2. The van der Waals surface area contributed by atoms with Gasteiger partial charge in [-0.15, -0.1) is 0 Å². The Morgan fingerprint density at radius 1 is 0.780 bits per heavy atom. The van der Waals surface area contributed by atoms with Crippen LogP contribution in [-0.2, 0) is 49.5 Å². The largest absolute Gasteiger partial charge is 0.386 e. The predicted octanol–water partition coefficient (Wildman–Crippen LogP) is 2.45. The average molecular weight is 754 g/mol. The van der Waals surface area contributed by atoms with Gasteiger partial charge in [0.05, 0.1) is 35.4 Å². The van der Waals surface area contributed by atoms with Gasteiger partial charge in [-0.3, -0.25) is 13.6 Å². The van der Waals surface area contributed by atoms with Gasteiger partial charge in [-0.05, 0) is 25.7 Å². The molecule has 3 saturated heterocycles. The first-order valence-corrected chi connectivity index (χ1v) is 20.8. The number of hydrogen-bond acceptors (Lipinski definition) is 16. The molecule has 4 aromatic heterocycles. The standard InChI is InChI=1S/C26H31BF2N10O8P2S/c27-48(40)42-7-13-20(18(29)26(44-13)39-24-16-12(37-39)4-2-6-31-22(16)33-10-35-24)47-49(41,50)43-8-14-19(46-48)17(28)25(45-14)38-23-15-11(36-38)3-1-5-30-21(15)32-9-34-23/h9-10,13-14,17-20,25-26H,1-8,27H2,(H,41,50)(H,30,32,34)(H,31,33,35)/t13-,14-,17?,18?,19?,20?,25-,26-,48?,49?/m1/s1. The Morgan fingerprint density at radius 3 is 1.82 bits per heavy atom. The highest BCUT2D eigenvalue weighted by Crippen LogP contribution is 2.58. The topological polar surface area (TPSA) is 201 Å². The lowest BCUT2D eigenvalue weighted by molar-refractivity contribution is -0.0583. The van der Waals surface area contributed by atoms with Crippen LogP contribution < -0.4 is 10.6 Å². The Bertz CT molecular complexity index is 1940. The van der Waals surface area contributed by atoms with Crippen LogP contribution in [0.25, 0.3) is 22.1 Å². The highest BCUT2D eigenvalue weighted by atomic mass is 32.7. The number of nitrogens with one attached hydrogen (secondary N) is 2. The van der Waals surface area contributed by atoms with Gasteiger partial charge < -0.3 is 29.2 Å². The first-order chi connectivity index (χ1) is 24.1. The number of aromatic nitrogens is 8. The number of alkyl halides is 2. The summed E-state index contributed by atoms with van der Waals surface area (Å²) in [5, 5.41) is 16.9. The van der Waals surface area contributed by atoms with Gasteiger partial charge >= 0.3 is 6.80 Å². The number of hydrogen-bond donors (Lipinski definition) is 3. The van der Waals surface area contributed by atoms with Gasteiger partial charge in [0.25, 0.3) is 15.0 Å². The third-order valence-electron chi connectivity index (χ3n) is 9.35. The van der Waals surface area contributed by atoms with Crippen molar-refractivity contribution in [2.45, 2.75) is 74.9 Å². The van der Waals surface area contributed by atoms with Gasteiger partial charge in [-0.1, -0.05) is 12.2 Å². The maximum Gasteiger partial charge on any atom is 0.386 e. The van der Waals surface area contributed by atoms with Gasteiger partial charge in [-0.2, -0.15) is 10.2 Å². The van der Waals surface area contributed by atoms with Gasteiger partial charge in [0.2, 0.25) is 0 Å². The maximum absolute atomic E-state index is 16.4. The fourth-order valence-corrected chi connectivity index (χ4v) is 9.76. The second-order valence-corrected chi connectivity index (χ2v) is 17.6. The van der Waals surface area contributed by atoms with Crippen molar-refractivity contribution >= 4 is 67.8 Å². The Morgan fingerprint density at radius 2 is 1.28 bits per heavy atom. The van der Waals surface area contributed by atoms with Crippen molar-refractivity contribution in [3.05, 3.63) is 24.0 Å². The lowest BCUT2D eigenvalue weighted by Gasteiger charge is -2.28. The molecule has 0 radical (unpaired) electrons. The van der Waals surface area contributed by atoms with Crippen molar-refractivity contribution in [3.8, 4) is 0 Å². The summed E-state index contributed by atoms with van der Waals surface area (Å²) >= 11 is 4.11. The number of thiol groups is 1. The van der Waals surface area contributed by atoms with E-state index >= 15 is 8.78 Å². The van der Waals surface area contributed by atoms with E-state index in [2.05, 4.69) is 53.0 Å². The van der Waals surface area contributed by atoms with E-state index in [-0.39, 0.29) is 0 Å². The molecule has 6 unspecified atom stereocenters. The minimum absolute atomic E-state index is 0.321. The summed E-state index contributed by atoms with van der Waals surface area (Å²) in [4.78, 5) is 17.3. The van der Waals surface area contributed by atoms with E-state index in [1.165, 1.54) is 22.0 Å². The van der Waals surface area contributed by atoms with Crippen LogP contribution in [0.1, 0.15) is 36.7 Å². The minimum atomic E-state index is -4.38. The van der Waals surface area contributed by atoms with Gasteiger partial charge in [0, 0.05) is 13.1 Å². The number of fused-ring (bicyclic) bond motifs is 2. The van der Waals surface area contributed by atoms with Crippen LogP contribution in [0.3, 0.4) is 0 Å². The Balaban J connectivity index is 1.00. The smallest absolute Gasteiger partial charge is 0.369 e. The summed E-state index contributed by atoms with van der Waals surface area (Å²) in [7, 11) is -2.93. The van der Waals surface area contributed by atoms with Crippen molar-refractivity contribution in [2.24, 2.45) is 0 Å². The average Bonchev–Trinajstić information content (AvgIpc) is 3.71. The molecule has 50 heavy (non-hydrogen) atoms. The van der Waals surface area contributed by atoms with Crippen LogP contribution in [-0.4, -0.2) is 110 Å². The maximum atomic E-state index is 16.4. The second-order valence-electron chi connectivity index (χ2n) is 12.7.